The van der Waals surface area contributed by atoms with Crippen LogP contribution in [0, 0.1) is 0 Å². The van der Waals surface area contributed by atoms with Crippen LogP contribution >= 0.6 is 0 Å². The van der Waals surface area contributed by atoms with Crippen LogP contribution in [0.4, 0.5) is 0 Å². The van der Waals surface area contributed by atoms with Gasteiger partial charge in [-0.3, -0.25) is 9.59 Å². The zero-order chi connectivity index (χ0) is 14.0. The highest BCUT2D eigenvalue weighted by Gasteiger charge is 2.41. The lowest BCUT2D eigenvalue weighted by atomic mass is 9.97. The van der Waals surface area contributed by atoms with Crippen molar-refractivity contribution in [2.24, 2.45) is 0 Å². The average Bonchev–Trinajstić information content (AvgIpc) is 2.65. The number of amides is 1. The Labute approximate surface area is 111 Å². The van der Waals surface area contributed by atoms with E-state index in [1.807, 2.05) is 30.3 Å². The second-order valence-electron chi connectivity index (χ2n) is 4.48. The molecule has 0 spiro atoms. The van der Waals surface area contributed by atoms with Crippen LogP contribution in [-0.4, -0.2) is 34.8 Å². The molecule has 0 radical (unpaired) electrons. The van der Waals surface area contributed by atoms with E-state index >= 15 is 0 Å². The van der Waals surface area contributed by atoms with E-state index in [1.165, 1.54) is 11.8 Å². The molecule has 1 aromatic carbocycles. The molecule has 0 bridgehead atoms. The van der Waals surface area contributed by atoms with Gasteiger partial charge in [0.1, 0.15) is 0 Å². The minimum absolute atomic E-state index is 0.171. The lowest BCUT2D eigenvalue weighted by molar-refractivity contribution is -0.368. The maximum atomic E-state index is 12.0. The van der Waals surface area contributed by atoms with Gasteiger partial charge in [-0.2, -0.15) is 0 Å². The van der Waals surface area contributed by atoms with Crippen LogP contribution in [0.15, 0.2) is 41.7 Å². The highest BCUT2D eigenvalue weighted by atomic mass is 16.3. The predicted octanol–water partition coefficient (Wildman–Crippen LogP) is 0.213. The first-order valence-corrected chi connectivity index (χ1v) is 6.17. The van der Waals surface area contributed by atoms with Gasteiger partial charge in [-0.1, -0.05) is 30.3 Å². The predicted molar refractivity (Wildman–Crippen MR) is 69.0 cm³/mol. The zero-order valence-corrected chi connectivity index (χ0v) is 10.8. The van der Waals surface area contributed by atoms with Crippen molar-refractivity contribution in [3.63, 3.8) is 0 Å². The first kappa shape index (κ1) is 13.3. The molecule has 0 aromatic heterocycles. The molecule has 1 atom stereocenters. The van der Waals surface area contributed by atoms with Crippen LogP contribution in [0.25, 0.3) is 0 Å². The van der Waals surface area contributed by atoms with Gasteiger partial charge in [-0.25, -0.2) is 0 Å². The van der Waals surface area contributed by atoms with Gasteiger partial charge >= 0.3 is 0 Å². The molecule has 5 nitrogen and oxygen atoms in total. The zero-order valence-electron chi connectivity index (χ0n) is 10.8. The molecule has 0 fully saturated rings. The number of nitrogens with zero attached hydrogens (tertiary/aromatic N) is 1. The Balaban J connectivity index is 2.51. The van der Waals surface area contributed by atoms with Gasteiger partial charge in [-0.15, -0.1) is 0 Å². The highest BCUT2D eigenvalue weighted by Crippen LogP contribution is 2.36. The molecule has 19 heavy (non-hydrogen) atoms. The van der Waals surface area contributed by atoms with E-state index in [9.17, 15) is 14.7 Å². The van der Waals surface area contributed by atoms with Crippen LogP contribution in [0.5, 0.6) is 0 Å². The largest absolute Gasteiger partial charge is 0.503 e. The molecule has 1 aliphatic heterocycles. The average molecular weight is 261 g/mol. The summed E-state index contributed by atoms with van der Waals surface area (Å²) in [6.45, 7) is 2.29. The second kappa shape index (κ2) is 5.24. The molecule has 1 unspecified atom stereocenters. The lowest BCUT2D eigenvalue weighted by Gasteiger charge is -2.25. The molecule has 5 heteroatoms. The number of carbonyl (C=O) groups excluding carboxylic acids is 2. The van der Waals surface area contributed by atoms with Crippen molar-refractivity contribution >= 4 is 11.7 Å². The molecule has 1 aromatic rings. The number of rotatable bonds is 4. The standard InChI is InChI=1S/C14H16N2O3/c1-9(17)11-12(10-5-3-2-4-6-10)16(8-7-15)14(19)13(11)18/h2-6,12,18H,7-8,15H2,1H3/p+1. The van der Waals surface area contributed by atoms with Crippen molar-refractivity contribution in [2.75, 3.05) is 13.1 Å². The summed E-state index contributed by atoms with van der Waals surface area (Å²) < 4.78 is 0. The smallest absolute Gasteiger partial charge is 0.290 e. The molecule has 0 saturated heterocycles. The summed E-state index contributed by atoms with van der Waals surface area (Å²) in [4.78, 5) is 25.2. The molecule has 0 aliphatic carbocycles. The Morgan fingerprint density at radius 3 is 2.53 bits per heavy atom. The van der Waals surface area contributed by atoms with E-state index in [-0.39, 0.29) is 11.4 Å². The Bertz CT molecular complexity index is 537. The van der Waals surface area contributed by atoms with Crippen molar-refractivity contribution in [1.29, 1.82) is 0 Å². The Morgan fingerprint density at radius 2 is 2.00 bits per heavy atom. The summed E-state index contributed by atoms with van der Waals surface area (Å²) in [5.74, 6) is -1.22. The summed E-state index contributed by atoms with van der Waals surface area (Å²) in [6.07, 6.45) is 0. The van der Waals surface area contributed by atoms with Crippen molar-refractivity contribution in [3.05, 3.63) is 47.2 Å². The fourth-order valence-electron chi connectivity index (χ4n) is 2.40. The third-order valence-corrected chi connectivity index (χ3v) is 3.20. The maximum Gasteiger partial charge on any atom is 0.290 e. The van der Waals surface area contributed by atoms with E-state index in [4.69, 9.17) is 0 Å². The molecule has 1 heterocycles. The van der Waals surface area contributed by atoms with Crippen molar-refractivity contribution in [1.82, 2.24) is 4.90 Å². The van der Waals surface area contributed by atoms with Gasteiger partial charge in [0.25, 0.3) is 5.91 Å². The molecular formula is C14H17N2O3+. The van der Waals surface area contributed by atoms with Gasteiger partial charge < -0.3 is 15.7 Å². The SMILES string of the molecule is CC(=O)C1=C(O)C(=O)N(CC[NH3+])C1c1ccccc1. The number of Topliss-reactive ketones (excluding diaryl/α,β-unsaturated/α-hetero) is 1. The monoisotopic (exact) mass is 261 g/mol. The minimum atomic E-state index is -0.507. The summed E-state index contributed by atoms with van der Waals surface area (Å²) >= 11 is 0. The van der Waals surface area contributed by atoms with Gasteiger partial charge in [0.2, 0.25) is 0 Å². The summed E-state index contributed by atoms with van der Waals surface area (Å²) in [6, 6.07) is 8.73. The van der Waals surface area contributed by atoms with Crippen LogP contribution in [0.2, 0.25) is 0 Å². The quantitative estimate of drug-likeness (QED) is 0.812. The first-order valence-electron chi connectivity index (χ1n) is 6.17. The first-order chi connectivity index (χ1) is 9.07. The topological polar surface area (TPSA) is 85.2 Å². The molecule has 100 valence electrons. The second-order valence-corrected chi connectivity index (χ2v) is 4.48. The third-order valence-electron chi connectivity index (χ3n) is 3.20. The summed E-state index contributed by atoms with van der Waals surface area (Å²) in [5, 5.41) is 9.90. The van der Waals surface area contributed by atoms with E-state index in [0.29, 0.717) is 13.1 Å². The summed E-state index contributed by atoms with van der Waals surface area (Å²) in [5.41, 5.74) is 4.72. The number of ketones is 1. The Hall–Kier alpha value is -2.14. The lowest BCUT2D eigenvalue weighted by Crippen LogP contribution is -2.55. The number of aliphatic hydroxyl groups is 1. The fourth-order valence-corrected chi connectivity index (χ4v) is 2.40. The van der Waals surface area contributed by atoms with Crippen molar-refractivity contribution in [3.8, 4) is 0 Å². The van der Waals surface area contributed by atoms with Gasteiger partial charge in [-0.05, 0) is 12.5 Å². The molecule has 2 rings (SSSR count). The van der Waals surface area contributed by atoms with Gasteiger partial charge in [0, 0.05) is 0 Å². The third kappa shape index (κ3) is 2.24. The minimum Gasteiger partial charge on any atom is -0.503 e. The van der Waals surface area contributed by atoms with E-state index in [0.717, 1.165) is 5.56 Å². The normalized spacial score (nSPS) is 19.2. The fraction of sp³-hybridized carbons (Fsp3) is 0.286. The van der Waals surface area contributed by atoms with Gasteiger partial charge in [0.15, 0.2) is 11.5 Å². The molecule has 1 amide bonds. The summed E-state index contributed by atoms with van der Waals surface area (Å²) in [7, 11) is 0. The van der Waals surface area contributed by atoms with E-state index in [2.05, 4.69) is 5.73 Å². The molecule has 0 saturated carbocycles. The number of carbonyl (C=O) groups is 2. The highest BCUT2D eigenvalue weighted by molar-refractivity contribution is 6.08. The van der Waals surface area contributed by atoms with Crippen molar-refractivity contribution in [2.45, 2.75) is 13.0 Å². The Morgan fingerprint density at radius 1 is 1.37 bits per heavy atom. The number of quaternary nitrogens is 1. The maximum absolute atomic E-state index is 12.0. The van der Waals surface area contributed by atoms with Crippen LogP contribution in [0.3, 0.4) is 0 Å². The van der Waals surface area contributed by atoms with Crippen molar-refractivity contribution < 1.29 is 20.4 Å². The molecule has 1 aliphatic rings. The number of aliphatic hydroxyl groups excluding tert-OH is 1. The number of hydrogen-bond donors (Lipinski definition) is 2. The number of hydrogen-bond acceptors (Lipinski definition) is 3. The Kier molecular flexibility index (Phi) is 3.66. The van der Waals surface area contributed by atoms with E-state index in [1.54, 1.807) is 0 Å². The van der Waals surface area contributed by atoms with Crippen LogP contribution in [0.1, 0.15) is 18.5 Å². The van der Waals surface area contributed by atoms with Crippen LogP contribution < -0.4 is 5.73 Å². The van der Waals surface area contributed by atoms with Gasteiger partial charge in [0.05, 0.1) is 24.7 Å². The molecule has 4 N–H and O–H groups in total. The molecular weight excluding hydrogens is 244 g/mol. The number of benzene rings is 1. The van der Waals surface area contributed by atoms with E-state index < -0.39 is 17.7 Å². The van der Waals surface area contributed by atoms with Crippen LogP contribution in [-0.2, 0) is 9.59 Å².